The van der Waals surface area contributed by atoms with Crippen molar-refractivity contribution >= 4 is 55.7 Å². The van der Waals surface area contributed by atoms with Crippen molar-refractivity contribution in [1.29, 1.82) is 0 Å². The monoisotopic (exact) mass is 918 g/mol. The fourth-order valence-corrected chi connectivity index (χ4v) is 12.0. The summed E-state index contributed by atoms with van der Waals surface area (Å²) in [7, 11) is 0. The van der Waals surface area contributed by atoms with Gasteiger partial charge in [0.2, 0.25) is 0 Å². The van der Waals surface area contributed by atoms with E-state index in [0.29, 0.717) is 23.7 Å². The van der Waals surface area contributed by atoms with E-state index in [0.717, 1.165) is 28.4 Å². The van der Waals surface area contributed by atoms with E-state index in [9.17, 15) is 0 Å². The first-order chi connectivity index (χ1) is 34.5. The van der Waals surface area contributed by atoms with Gasteiger partial charge in [-0.1, -0.05) is 195 Å². The standard InChI is InChI=1S/C69H62N2/c1-43(2)47-21-30-52(31-22-47)70(53-32-23-48(24-33-53)44(3)4)56-38-40-57-51(41-56)29-39-62-67-61-18-10-9-17-60(61)66(71(54-34-25-49(26-35-54)45(5)6)55-36-27-50(28-37-55)46(7)8)42-65(67)69(68(57)62)63-19-13-11-15-58(63)59-16-12-14-20-64(59)69/h9-46H,1-8H3. The highest BCUT2D eigenvalue weighted by atomic mass is 15.1. The third-order valence-corrected chi connectivity index (χ3v) is 15.8. The second-order valence-electron chi connectivity index (χ2n) is 21.3. The van der Waals surface area contributed by atoms with Crippen LogP contribution >= 0.6 is 0 Å². The average Bonchev–Trinajstić information content (AvgIpc) is 3.87. The lowest BCUT2D eigenvalue weighted by Gasteiger charge is -2.34. The predicted molar refractivity (Wildman–Crippen MR) is 303 cm³/mol. The van der Waals surface area contributed by atoms with Crippen LogP contribution in [0.3, 0.4) is 0 Å². The second kappa shape index (κ2) is 17.3. The number of hydrogen-bond acceptors (Lipinski definition) is 2. The van der Waals surface area contributed by atoms with Crippen LogP contribution < -0.4 is 9.80 Å². The van der Waals surface area contributed by atoms with Gasteiger partial charge in [0.1, 0.15) is 0 Å². The summed E-state index contributed by atoms with van der Waals surface area (Å²) in [5, 5.41) is 4.99. The largest absolute Gasteiger partial charge is 0.310 e. The van der Waals surface area contributed by atoms with Crippen LogP contribution in [0.4, 0.5) is 34.1 Å². The van der Waals surface area contributed by atoms with Crippen molar-refractivity contribution in [2.45, 2.75) is 84.5 Å². The quantitative estimate of drug-likeness (QED) is 0.135. The molecule has 0 fully saturated rings. The molecule has 0 bridgehead atoms. The van der Waals surface area contributed by atoms with Crippen LogP contribution in [0.1, 0.15) is 124 Å². The molecular weight excluding hydrogens is 857 g/mol. The van der Waals surface area contributed by atoms with Gasteiger partial charge in [-0.25, -0.2) is 0 Å². The molecule has 10 aromatic carbocycles. The van der Waals surface area contributed by atoms with Crippen LogP contribution in [-0.2, 0) is 5.41 Å². The van der Waals surface area contributed by atoms with Crippen molar-refractivity contribution < 1.29 is 0 Å². The molecule has 0 atom stereocenters. The van der Waals surface area contributed by atoms with Crippen molar-refractivity contribution in [3.05, 3.63) is 251 Å². The number of hydrogen-bond donors (Lipinski definition) is 0. The van der Waals surface area contributed by atoms with E-state index in [1.807, 2.05) is 0 Å². The van der Waals surface area contributed by atoms with Gasteiger partial charge in [-0.15, -0.1) is 0 Å². The van der Waals surface area contributed by atoms with Crippen molar-refractivity contribution in [3.63, 3.8) is 0 Å². The first-order valence-corrected chi connectivity index (χ1v) is 25.9. The van der Waals surface area contributed by atoms with Crippen molar-refractivity contribution in [2.75, 3.05) is 9.80 Å². The fourth-order valence-electron chi connectivity index (χ4n) is 12.0. The Bertz CT molecular complexity index is 3480. The van der Waals surface area contributed by atoms with Crippen molar-refractivity contribution in [1.82, 2.24) is 0 Å². The van der Waals surface area contributed by atoms with E-state index in [1.54, 1.807) is 0 Å². The highest BCUT2D eigenvalue weighted by molar-refractivity contribution is 6.15. The molecule has 2 nitrogen and oxygen atoms in total. The minimum Gasteiger partial charge on any atom is -0.310 e. The molecular formula is C69H62N2. The number of nitrogens with zero attached hydrogens (tertiary/aromatic N) is 2. The molecule has 0 unspecified atom stereocenters. The van der Waals surface area contributed by atoms with Gasteiger partial charge < -0.3 is 9.80 Å². The minimum atomic E-state index is -0.592. The lowest BCUT2D eigenvalue weighted by atomic mass is 9.69. The smallest absolute Gasteiger partial charge is 0.0732 e. The lowest BCUT2D eigenvalue weighted by molar-refractivity contribution is 0.802. The molecule has 0 N–H and O–H groups in total. The van der Waals surface area contributed by atoms with Gasteiger partial charge in [-0.2, -0.15) is 0 Å². The summed E-state index contributed by atoms with van der Waals surface area (Å²) < 4.78 is 0. The van der Waals surface area contributed by atoms with Gasteiger partial charge in [-0.3, -0.25) is 0 Å². The van der Waals surface area contributed by atoms with Gasteiger partial charge in [0.25, 0.3) is 0 Å². The van der Waals surface area contributed by atoms with Crippen molar-refractivity contribution in [2.24, 2.45) is 0 Å². The zero-order valence-corrected chi connectivity index (χ0v) is 42.3. The molecule has 0 aliphatic heterocycles. The van der Waals surface area contributed by atoms with Gasteiger partial charge in [0.15, 0.2) is 0 Å². The van der Waals surface area contributed by atoms with E-state index in [-0.39, 0.29) is 0 Å². The van der Waals surface area contributed by atoms with Crippen LogP contribution in [0.15, 0.2) is 206 Å². The fraction of sp³-hybridized carbons (Fsp3) is 0.188. The molecule has 2 aliphatic rings. The van der Waals surface area contributed by atoms with E-state index >= 15 is 0 Å². The molecule has 12 rings (SSSR count). The van der Waals surface area contributed by atoms with E-state index in [2.05, 4.69) is 271 Å². The molecule has 2 heteroatoms. The normalized spacial score (nSPS) is 13.1. The summed E-state index contributed by atoms with van der Waals surface area (Å²) in [6.45, 7) is 18.2. The van der Waals surface area contributed by atoms with E-state index in [4.69, 9.17) is 0 Å². The molecule has 1 spiro atoms. The number of fused-ring (bicyclic) bond motifs is 14. The first kappa shape index (κ1) is 44.5. The average molecular weight is 919 g/mol. The maximum absolute atomic E-state index is 2.58. The molecule has 0 aromatic heterocycles. The second-order valence-corrected chi connectivity index (χ2v) is 21.3. The first-order valence-electron chi connectivity index (χ1n) is 25.9. The molecule has 71 heavy (non-hydrogen) atoms. The third kappa shape index (κ3) is 7.05. The van der Waals surface area contributed by atoms with E-state index in [1.165, 1.54) is 94.0 Å². The summed E-state index contributed by atoms with van der Waals surface area (Å²) in [4.78, 5) is 4.95. The lowest BCUT2D eigenvalue weighted by Crippen LogP contribution is -2.26. The summed E-state index contributed by atoms with van der Waals surface area (Å²) in [6, 6.07) is 79.1. The third-order valence-electron chi connectivity index (χ3n) is 15.8. The van der Waals surface area contributed by atoms with Crippen LogP contribution in [0, 0.1) is 0 Å². The predicted octanol–water partition coefficient (Wildman–Crippen LogP) is 19.8. The minimum absolute atomic E-state index is 0.436. The summed E-state index contributed by atoms with van der Waals surface area (Å²) in [5.41, 5.74) is 22.3. The Kier molecular flexibility index (Phi) is 10.9. The summed E-state index contributed by atoms with van der Waals surface area (Å²) in [6.07, 6.45) is 0. The van der Waals surface area contributed by atoms with Crippen molar-refractivity contribution in [3.8, 4) is 22.3 Å². The molecule has 0 saturated carbocycles. The Morgan fingerprint density at radius 2 is 0.718 bits per heavy atom. The van der Waals surface area contributed by atoms with Crippen LogP contribution in [-0.4, -0.2) is 0 Å². The molecule has 2 aliphatic carbocycles. The number of anilines is 6. The highest BCUT2D eigenvalue weighted by Gasteiger charge is 2.53. The maximum atomic E-state index is 2.58. The summed E-state index contributed by atoms with van der Waals surface area (Å²) >= 11 is 0. The zero-order valence-electron chi connectivity index (χ0n) is 42.3. The van der Waals surface area contributed by atoms with Gasteiger partial charge in [0.05, 0.1) is 11.1 Å². The topological polar surface area (TPSA) is 6.48 Å². The molecule has 0 saturated heterocycles. The number of benzene rings is 10. The van der Waals surface area contributed by atoms with Gasteiger partial charge in [-0.05, 0) is 173 Å². The Hall–Kier alpha value is -7.68. The Morgan fingerprint density at radius 3 is 1.18 bits per heavy atom. The number of rotatable bonds is 10. The zero-order chi connectivity index (χ0) is 48.7. The maximum Gasteiger partial charge on any atom is 0.0732 e. The molecule has 0 amide bonds. The summed E-state index contributed by atoms with van der Waals surface area (Å²) in [5.74, 6) is 1.78. The molecule has 348 valence electrons. The Balaban J connectivity index is 1.14. The molecule has 10 aromatic rings. The highest BCUT2D eigenvalue weighted by Crippen LogP contribution is 2.66. The van der Waals surface area contributed by atoms with E-state index < -0.39 is 5.41 Å². The Morgan fingerprint density at radius 1 is 0.310 bits per heavy atom. The van der Waals surface area contributed by atoms with Gasteiger partial charge in [0, 0.05) is 33.8 Å². The SMILES string of the molecule is CC(C)c1ccc(N(c2ccc(C(C)C)cc2)c2ccc3c4c(ccc3c2)-c2c(cc(N(c3ccc(C(C)C)cc3)c3ccc(C(C)C)cc3)c3ccccc23)C42c3ccccc3-c3ccccc32)cc1. The molecule has 0 heterocycles. The molecule has 0 radical (unpaired) electrons. The van der Waals surface area contributed by atoms with Crippen LogP contribution in [0.25, 0.3) is 43.8 Å². The van der Waals surface area contributed by atoms with Crippen LogP contribution in [0.5, 0.6) is 0 Å². The van der Waals surface area contributed by atoms with Gasteiger partial charge >= 0.3 is 0 Å². The van der Waals surface area contributed by atoms with Crippen LogP contribution in [0.2, 0.25) is 0 Å². The Labute approximate surface area is 420 Å².